The minimum absolute atomic E-state index is 0.167. The molecule has 0 radical (unpaired) electrons. The molecule has 156 valence electrons. The highest BCUT2D eigenvalue weighted by Crippen LogP contribution is 2.38. The number of nitrogens with one attached hydrogen (secondary N) is 3. The van der Waals surface area contributed by atoms with Crippen molar-refractivity contribution in [2.24, 2.45) is 0 Å². The van der Waals surface area contributed by atoms with Crippen molar-refractivity contribution in [3.8, 4) is 0 Å². The highest BCUT2D eigenvalue weighted by Gasteiger charge is 2.26. The Kier molecular flexibility index (Phi) is 4.87. The lowest BCUT2D eigenvalue weighted by Gasteiger charge is -2.17. The van der Waals surface area contributed by atoms with Gasteiger partial charge in [-0.1, -0.05) is 6.07 Å². The van der Waals surface area contributed by atoms with Gasteiger partial charge in [-0.25, -0.2) is 18.5 Å². The molecule has 0 bridgehead atoms. The van der Waals surface area contributed by atoms with Crippen LogP contribution in [0.4, 0.5) is 10.5 Å². The number of anilines is 1. The summed E-state index contributed by atoms with van der Waals surface area (Å²) >= 11 is 0. The first-order valence-electron chi connectivity index (χ1n) is 9.14. The van der Waals surface area contributed by atoms with Crippen LogP contribution in [0.1, 0.15) is 35.1 Å². The van der Waals surface area contributed by atoms with Gasteiger partial charge in [0.2, 0.25) is 0 Å². The van der Waals surface area contributed by atoms with Gasteiger partial charge in [0, 0.05) is 11.9 Å². The van der Waals surface area contributed by atoms with E-state index in [1.54, 1.807) is 0 Å². The number of carbonyl (C=O) groups is 1. The van der Waals surface area contributed by atoms with E-state index in [0.29, 0.717) is 0 Å². The lowest BCUT2D eigenvalue weighted by molar-refractivity contribution is 0.256. The van der Waals surface area contributed by atoms with E-state index >= 15 is 0 Å². The van der Waals surface area contributed by atoms with Crippen LogP contribution in [-0.4, -0.2) is 33.0 Å². The average molecular weight is 440 g/mol. The van der Waals surface area contributed by atoms with E-state index in [4.69, 9.17) is 9.33 Å². The summed E-state index contributed by atoms with van der Waals surface area (Å²) in [6.07, 6.45) is 7.81. The molecule has 2 aliphatic carbocycles. The standard InChI is InChI=1S/C17H21N5O5S2/c18-29(27,13-8-19-22(9-13)10-28(24,25)26)21-17(23)20-16-14-5-1-3-11(14)7-12-4-2-6-15(12)16/h7-9H,1-6,10H2,(H,24,25,26)(H3,18,20,21,23,27). The number of urea groups is 1. The van der Waals surface area contributed by atoms with Crippen molar-refractivity contribution >= 4 is 31.8 Å². The van der Waals surface area contributed by atoms with E-state index in [-0.39, 0.29) is 4.90 Å². The molecule has 4 N–H and O–H groups in total. The van der Waals surface area contributed by atoms with Gasteiger partial charge in [-0.05, 0) is 60.8 Å². The largest absolute Gasteiger partial charge is 0.331 e. The number of hydrogen-bond acceptors (Lipinski definition) is 6. The number of aryl methyl sites for hydroxylation is 2. The van der Waals surface area contributed by atoms with Gasteiger partial charge in [0.1, 0.15) is 4.90 Å². The zero-order valence-electron chi connectivity index (χ0n) is 15.5. The number of rotatable bonds is 5. The zero-order chi connectivity index (χ0) is 20.8. The van der Waals surface area contributed by atoms with Crippen molar-refractivity contribution < 1.29 is 22.0 Å². The molecular formula is C17H21N5O5S2. The van der Waals surface area contributed by atoms with Crippen LogP contribution in [0.5, 0.6) is 0 Å². The van der Waals surface area contributed by atoms with Crippen molar-refractivity contribution in [1.29, 1.82) is 4.78 Å². The van der Waals surface area contributed by atoms with Gasteiger partial charge >= 0.3 is 6.03 Å². The Morgan fingerprint density at radius 2 is 1.76 bits per heavy atom. The summed E-state index contributed by atoms with van der Waals surface area (Å²) < 4.78 is 54.4. The van der Waals surface area contributed by atoms with Gasteiger partial charge in [-0.2, -0.15) is 13.5 Å². The molecule has 1 atom stereocenters. The number of hydrogen-bond donors (Lipinski definition) is 4. The van der Waals surface area contributed by atoms with E-state index in [9.17, 15) is 17.4 Å². The molecule has 2 aromatic rings. The average Bonchev–Trinajstić information content (AvgIpc) is 3.31. The normalized spacial score (nSPS) is 17.4. The van der Waals surface area contributed by atoms with Gasteiger partial charge in [-0.15, -0.1) is 0 Å². The van der Waals surface area contributed by atoms with Crippen molar-refractivity contribution in [2.45, 2.75) is 49.3 Å². The van der Waals surface area contributed by atoms with Crippen LogP contribution in [0.3, 0.4) is 0 Å². The molecule has 0 spiro atoms. The Hall–Kier alpha value is -2.44. The number of benzene rings is 1. The summed E-state index contributed by atoms with van der Waals surface area (Å²) in [5, 5.41) is 6.46. The van der Waals surface area contributed by atoms with Crippen molar-refractivity contribution in [1.82, 2.24) is 14.5 Å². The van der Waals surface area contributed by atoms with Crippen molar-refractivity contribution in [3.05, 3.63) is 40.7 Å². The maximum Gasteiger partial charge on any atom is 0.331 e. The Balaban J connectivity index is 1.54. The van der Waals surface area contributed by atoms with Gasteiger partial charge in [0.05, 0.1) is 6.20 Å². The third-order valence-electron chi connectivity index (χ3n) is 5.18. The number of amides is 2. The fourth-order valence-corrected chi connectivity index (χ4v) is 5.40. The number of nitrogens with zero attached hydrogens (tertiary/aromatic N) is 2. The number of fused-ring (bicyclic) bond motifs is 2. The second-order valence-electron chi connectivity index (χ2n) is 7.27. The van der Waals surface area contributed by atoms with Crippen LogP contribution in [0, 0.1) is 4.78 Å². The quantitative estimate of drug-likeness (QED) is 0.521. The molecule has 29 heavy (non-hydrogen) atoms. The van der Waals surface area contributed by atoms with Crippen LogP contribution >= 0.6 is 0 Å². The Morgan fingerprint density at radius 3 is 2.34 bits per heavy atom. The molecule has 1 heterocycles. The molecule has 10 nitrogen and oxygen atoms in total. The summed E-state index contributed by atoms with van der Waals surface area (Å²) in [4.78, 5) is 12.4. The fraction of sp³-hybridized carbons (Fsp3) is 0.412. The minimum Gasteiger partial charge on any atom is -0.307 e. The monoisotopic (exact) mass is 439 g/mol. The Labute approximate surface area is 168 Å². The molecule has 1 aromatic heterocycles. The second-order valence-corrected chi connectivity index (χ2v) is 10.5. The molecule has 0 fully saturated rings. The topological polar surface area (TPSA) is 154 Å². The molecule has 0 aliphatic heterocycles. The first kappa shape index (κ1) is 19.9. The molecule has 0 saturated heterocycles. The summed E-state index contributed by atoms with van der Waals surface area (Å²) in [6, 6.07) is 1.47. The first-order valence-corrected chi connectivity index (χ1v) is 12.3. The van der Waals surface area contributed by atoms with Crippen LogP contribution in [0.2, 0.25) is 0 Å². The number of aromatic nitrogens is 2. The molecule has 0 saturated carbocycles. The third-order valence-corrected chi connectivity index (χ3v) is 7.12. The van der Waals surface area contributed by atoms with E-state index in [1.807, 2.05) is 0 Å². The highest BCUT2D eigenvalue weighted by molar-refractivity contribution is 7.91. The minimum atomic E-state index is -4.34. The molecule has 2 aliphatic rings. The van der Waals surface area contributed by atoms with Crippen LogP contribution in [0.15, 0.2) is 23.4 Å². The summed E-state index contributed by atoms with van der Waals surface area (Å²) in [5.74, 6) is -0.836. The predicted octanol–water partition coefficient (Wildman–Crippen LogP) is 1.85. The molecule has 2 amide bonds. The first-order chi connectivity index (χ1) is 13.6. The number of carbonyl (C=O) groups excluding carboxylic acids is 1. The zero-order valence-corrected chi connectivity index (χ0v) is 17.1. The molecular weight excluding hydrogens is 418 g/mol. The van der Waals surface area contributed by atoms with E-state index in [0.717, 1.165) is 72.4 Å². The summed E-state index contributed by atoms with van der Waals surface area (Å²) in [6.45, 7) is 0. The molecule has 1 aromatic carbocycles. The van der Waals surface area contributed by atoms with E-state index < -0.39 is 31.9 Å². The van der Waals surface area contributed by atoms with Gasteiger partial charge in [0.25, 0.3) is 10.1 Å². The SMILES string of the molecule is N=S(=O)(NC(=O)Nc1c2c(cc3c1CCC3)CCC2)c1cnn(CS(=O)(=O)O)c1. The fourth-order valence-electron chi connectivity index (χ4n) is 4.03. The van der Waals surface area contributed by atoms with Crippen molar-refractivity contribution in [3.63, 3.8) is 0 Å². The lowest BCUT2D eigenvalue weighted by atomic mass is 9.99. The van der Waals surface area contributed by atoms with Crippen molar-refractivity contribution in [2.75, 3.05) is 5.32 Å². The van der Waals surface area contributed by atoms with Gasteiger partial charge in [-0.3, -0.25) is 9.23 Å². The molecule has 1 unspecified atom stereocenters. The van der Waals surface area contributed by atoms with Crippen LogP contribution in [-0.2, 0) is 51.6 Å². The van der Waals surface area contributed by atoms with E-state index in [2.05, 4.69) is 21.2 Å². The van der Waals surface area contributed by atoms with Crippen LogP contribution in [0.25, 0.3) is 0 Å². The van der Waals surface area contributed by atoms with Gasteiger partial charge < -0.3 is 5.32 Å². The maximum atomic E-state index is 12.7. The lowest BCUT2D eigenvalue weighted by Crippen LogP contribution is -2.34. The maximum absolute atomic E-state index is 12.7. The molecule has 4 rings (SSSR count). The van der Waals surface area contributed by atoms with Gasteiger partial charge in [0.15, 0.2) is 15.8 Å². The summed E-state index contributed by atoms with van der Waals surface area (Å²) in [7, 11) is -8.10. The Morgan fingerprint density at radius 1 is 1.14 bits per heavy atom. The predicted molar refractivity (Wildman–Crippen MR) is 106 cm³/mol. The smallest absolute Gasteiger partial charge is 0.307 e. The third kappa shape index (κ3) is 4.14. The highest BCUT2D eigenvalue weighted by atomic mass is 32.2. The Bertz CT molecular complexity index is 1170. The van der Waals surface area contributed by atoms with E-state index in [1.165, 1.54) is 11.1 Å². The summed E-state index contributed by atoms with van der Waals surface area (Å²) in [5.41, 5.74) is 5.46. The van der Waals surface area contributed by atoms with Crippen LogP contribution < -0.4 is 10.0 Å². The second kappa shape index (κ2) is 7.11. The molecule has 12 heteroatoms.